The number of rotatable bonds is 5. The summed E-state index contributed by atoms with van der Waals surface area (Å²) in [5, 5.41) is 9.66. The zero-order chi connectivity index (χ0) is 13.8. The number of aliphatic hydroxyl groups is 1. The molecule has 0 radical (unpaired) electrons. The summed E-state index contributed by atoms with van der Waals surface area (Å²) in [6.07, 6.45) is 0.345. The molecule has 0 unspecified atom stereocenters. The van der Waals surface area contributed by atoms with Gasteiger partial charge in [-0.05, 0) is 25.0 Å². The molecule has 0 aliphatic carbocycles. The van der Waals surface area contributed by atoms with Gasteiger partial charge in [-0.15, -0.1) is 0 Å². The van der Waals surface area contributed by atoms with Crippen LogP contribution in [-0.4, -0.2) is 35.1 Å². The molecular weight excluding hydrogens is 228 g/mol. The second kappa shape index (κ2) is 5.98. The second-order valence-electron chi connectivity index (χ2n) is 5.26. The minimum atomic E-state index is -0.867. The monoisotopic (exact) mass is 250 g/mol. The van der Waals surface area contributed by atoms with Crippen molar-refractivity contribution in [1.29, 1.82) is 0 Å². The maximum atomic E-state index is 11.9. The van der Waals surface area contributed by atoms with Gasteiger partial charge in [0.05, 0.1) is 12.0 Å². The summed E-state index contributed by atoms with van der Waals surface area (Å²) < 4.78 is 0. The standard InChI is InChI=1S/C14H22N2O2/c1-14(2,18)10-16(3)13(17)8-11-4-6-12(9-15)7-5-11/h4-7,18H,8-10,15H2,1-3H3. The topological polar surface area (TPSA) is 66.6 Å². The number of benzene rings is 1. The van der Waals surface area contributed by atoms with E-state index in [1.807, 2.05) is 24.3 Å². The van der Waals surface area contributed by atoms with Crippen LogP contribution in [0.5, 0.6) is 0 Å². The average Bonchev–Trinajstić information content (AvgIpc) is 2.27. The fourth-order valence-corrected chi connectivity index (χ4v) is 1.77. The summed E-state index contributed by atoms with van der Waals surface area (Å²) in [5.41, 5.74) is 6.66. The van der Waals surface area contributed by atoms with Crippen LogP contribution in [0.25, 0.3) is 0 Å². The van der Waals surface area contributed by atoms with Crippen molar-refractivity contribution in [3.63, 3.8) is 0 Å². The molecule has 4 heteroatoms. The zero-order valence-corrected chi connectivity index (χ0v) is 11.3. The molecule has 0 bridgehead atoms. The molecular formula is C14H22N2O2. The lowest BCUT2D eigenvalue weighted by atomic mass is 10.1. The van der Waals surface area contributed by atoms with Gasteiger partial charge in [-0.1, -0.05) is 24.3 Å². The van der Waals surface area contributed by atoms with Crippen LogP contribution < -0.4 is 5.73 Å². The Morgan fingerprint density at radius 3 is 2.22 bits per heavy atom. The Balaban J connectivity index is 2.58. The highest BCUT2D eigenvalue weighted by Crippen LogP contribution is 2.08. The maximum absolute atomic E-state index is 11.9. The predicted molar refractivity (Wildman–Crippen MR) is 72.0 cm³/mol. The smallest absolute Gasteiger partial charge is 0.226 e. The van der Waals surface area contributed by atoms with Gasteiger partial charge in [-0.2, -0.15) is 0 Å². The summed E-state index contributed by atoms with van der Waals surface area (Å²) in [6, 6.07) is 7.69. The summed E-state index contributed by atoms with van der Waals surface area (Å²) in [7, 11) is 1.70. The molecule has 4 nitrogen and oxygen atoms in total. The van der Waals surface area contributed by atoms with E-state index >= 15 is 0 Å². The SMILES string of the molecule is CN(CC(C)(C)O)C(=O)Cc1ccc(CN)cc1. The Labute approximate surface area is 108 Å². The molecule has 1 amide bonds. The number of likely N-dealkylation sites (N-methyl/N-ethyl adjacent to an activating group) is 1. The summed E-state index contributed by atoms with van der Waals surface area (Å²) in [5.74, 6) is -0.00220. The number of amides is 1. The van der Waals surface area contributed by atoms with Crippen LogP contribution in [0.3, 0.4) is 0 Å². The Bertz CT molecular complexity index is 393. The molecule has 1 aromatic rings. The van der Waals surface area contributed by atoms with E-state index in [1.165, 1.54) is 0 Å². The maximum Gasteiger partial charge on any atom is 0.226 e. The van der Waals surface area contributed by atoms with E-state index in [2.05, 4.69) is 0 Å². The highest BCUT2D eigenvalue weighted by atomic mass is 16.3. The Morgan fingerprint density at radius 2 is 1.78 bits per heavy atom. The lowest BCUT2D eigenvalue weighted by Gasteiger charge is -2.25. The first-order valence-electron chi connectivity index (χ1n) is 6.06. The molecule has 0 aliphatic heterocycles. The zero-order valence-electron chi connectivity index (χ0n) is 11.3. The van der Waals surface area contributed by atoms with E-state index in [-0.39, 0.29) is 5.91 Å². The molecule has 0 saturated carbocycles. The van der Waals surface area contributed by atoms with Gasteiger partial charge >= 0.3 is 0 Å². The average molecular weight is 250 g/mol. The van der Waals surface area contributed by atoms with Crippen LogP contribution in [0.4, 0.5) is 0 Å². The number of hydrogen-bond acceptors (Lipinski definition) is 3. The van der Waals surface area contributed by atoms with Gasteiger partial charge < -0.3 is 15.7 Å². The van der Waals surface area contributed by atoms with Crippen LogP contribution in [-0.2, 0) is 17.8 Å². The van der Waals surface area contributed by atoms with Crippen molar-refractivity contribution >= 4 is 5.91 Å². The molecule has 18 heavy (non-hydrogen) atoms. The van der Waals surface area contributed by atoms with Gasteiger partial charge in [-0.25, -0.2) is 0 Å². The van der Waals surface area contributed by atoms with Crippen LogP contribution in [0.2, 0.25) is 0 Å². The minimum Gasteiger partial charge on any atom is -0.389 e. The lowest BCUT2D eigenvalue weighted by molar-refractivity contribution is -0.131. The third-order valence-corrected chi connectivity index (χ3v) is 2.66. The van der Waals surface area contributed by atoms with Crippen molar-refractivity contribution < 1.29 is 9.90 Å². The minimum absolute atomic E-state index is 0.00220. The van der Waals surface area contributed by atoms with Crippen molar-refractivity contribution in [2.75, 3.05) is 13.6 Å². The molecule has 0 aromatic heterocycles. The molecule has 100 valence electrons. The van der Waals surface area contributed by atoms with Crippen LogP contribution in [0.15, 0.2) is 24.3 Å². The first kappa shape index (κ1) is 14.7. The number of carbonyl (C=O) groups is 1. The number of hydrogen-bond donors (Lipinski definition) is 2. The third-order valence-electron chi connectivity index (χ3n) is 2.66. The Kier molecular flexibility index (Phi) is 4.87. The number of carbonyl (C=O) groups excluding carboxylic acids is 1. The van der Waals surface area contributed by atoms with E-state index in [0.29, 0.717) is 19.5 Å². The molecule has 0 fully saturated rings. The molecule has 1 aromatic carbocycles. The van der Waals surface area contributed by atoms with Crippen LogP contribution >= 0.6 is 0 Å². The predicted octanol–water partition coefficient (Wildman–Crippen LogP) is 0.917. The van der Waals surface area contributed by atoms with Crippen molar-refractivity contribution in [3.05, 3.63) is 35.4 Å². The van der Waals surface area contributed by atoms with Crippen molar-refractivity contribution in [2.45, 2.75) is 32.4 Å². The summed E-state index contributed by atoms with van der Waals surface area (Å²) >= 11 is 0. The largest absolute Gasteiger partial charge is 0.389 e. The summed E-state index contributed by atoms with van der Waals surface area (Å²) in [4.78, 5) is 13.5. The quantitative estimate of drug-likeness (QED) is 0.816. The normalized spacial score (nSPS) is 11.4. The fourth-order valence-electron chi connectivity index (χ4n) is 1.77. The first-order chi connectivity index (χ1) is 8.31. The fraction of sp³-hybridized carbons (Fsp3) is 0.500. The molecule has 0 atom stereocenters. The van der Waals surface area contributed by atoms with Gasteiger partial charge in [0.25, 0.3) is 0 Å². The Hall–Kier alpha value is -1.39. The van der Waals surface area contributed by atoms with E-state index in [4.69, 9.17) is 5.73 Å². The molecule has 0 spiro atoms. The molecule has 0 saturated heterocycles. The van der Waals surface area contributed by atoms with E-state index < -0.39 is 5.60 Å². The Morgan fingerprint density at radius 1 is 1.28 bits per heavy atom. The van der Waals surface area contributed by atoms with Gasteiger partial charge in [0.2, 0.25) is 5.91 Å². The third kappa shape index (κ3) is 4.85. The van der Waals surface area contributed by atoms with Crippen LogP contribution in [0.1, 0.15) is 25.0 Å². The molecule has 1 rings (SSSR count). The first-order valence-corrected chi connectivity index (χ1v) is 6.06. The van der Waals surface area contributed by atoms with Gasteiger partial charge in [0.1, 0.15) is 0 Å². The van der Waals surface area contributed by atoms with Gasteiger partial charge in [0, 0.05) is 20.1 Å². The van der Waals surface area contributed by atoms with E-state index in [0.717, 1.165) is 11.1 Å². The lowest BCUT2D eigenvalue weighted by Crippen LogP contribution is -2.40. The van der Waals surface area contributed by atoms with E-state index in [9.17, 15) is 9.90 Å². The molecule has 3 N–H and O–H groups in total. The highest BCUT2D eigenvalue weighted by Gasteiger charge is 2.19. The number of nitrogens with zero attached hydrogens (tertiary/aromatic N) is 1. The molecule has 0 aliphatic rings. The van der Waals surface area contributed by atoms with Gasteiger partial charge in [-0.3, -0.25) is 4.79 Å². The van der Waals surface area contributed by atoms with Crippen molar-refractivity contribution in [2.24, 2.45) is 5.73 Å². The van der Waals surface area contributed by atoms with Gasteiger partial charge in [0.15, 0.2) is 0 Å². The van der Waals surface area contributed by atoms with E-state index in [1.54, 1.807) is 25.8 Å². The van der Waals surface area contributed by atoms with Crippen LogP contribution in [0, 0.1) is 0 Å². The highest BCUT2D eigenvalue weighted by molar-refractivity contribution is 5.78. The van der Waals surface area contributed by atoms with Crippen molar-refractivity contribution in [3.8, 4) is 0 Å². The second-order valence-corrected chi connectivity index (χ2v) is 5.26. The summed E-state index contributed by atoms with van der Waals surface area (Å²) in [6.45, 7) is 4.21. The molecule has 0 heterocycles. The van der Waals surface area contributed by atoms with Crippen molar-refractivity contribution in [1.82, 2.24) is 4.90 Å². The number of nitrogens with two attached hydrogens (primary N) is 1.